The molecule has 0 aliphatic heterocycles. The van der Waals surface area contributed by atoms with Crippen molar-refractivity contribution in [3.8, 4) is 11.1 Å². The number of aromatic nitrogens is 1. The van der Waals surface area contributed by atoms with E-state index in [9.17, 15) is 5.11 Å². The van der Waals surface area contributed by atoms with E-state index < -0.39 is 5.60 Å². The summed E-state index contributed by atoms with van der Waals surface area (Å²) in [5.41, 5.74) is 5.73. The maximum Gasteiger partial charge on any atom is 0.158 e. The van der Waals surface area contributed by atoms with Gasteiger partial charge in [0, 0.05) is 17.3 Å². The van der Waals surface area contributed by atoms with Crippen molar-refractivity contribution < 1.29 is 5.11 Å². The highest BCUT2D eigenvalue weighted by Gasteiger charge is 2.44. The zero-order chi connectivity index (χ0) is 15.3. The Balaban J connectivity index is 2.12. The van der Waals surface area contributed by atoms with E-state index in [-0.39, 0.29) is 0 Å². The summed E-state index contributed by atoms with van der Waals surface area (Å²) in [5, 5.41) is 11.7. The van der Waals surface area contributed by atoms with Crippen molar-refractivity contribution in [1.82, 2.24) is 4.98 Å². The van der Waals surface area contributed by atoms with Gasteiger partial charge in [-0.15, -0.1) is 0 Å². The zero-order valence-electron chi connectivity index (χ0n) is 12.7. The van der Waals surface area contributed by atoms with Crippen molar-refractivity contribution in [2.45, 2.75) is 19.4 Å². The van der Waals surface area contributed by atoms with E-state index in [0.717, 1.165) is 39.1 Å². The van der Waals surface area contributed by atoms with Gasteiger partial charge in [0.25, 0.3) is 0 Å². The molecule has 0 spiro atoms. The minimum Gasteiger partial charge on any atom is -0.374 e. The topological polar surface area (TPSA) is 33.1 Å². The highest BCUT2D eigenvalue weighted by atomic mass is 16.3. The summed E-state index contributed by atoms with van der Waals surface area (Å²) < 4.78 is 0. The van der Waals surface area contributed by atoms with Crippen molar-refractivity contribution in [2.75, 3.05) is 0 Å². The zero-order valence-corrected chi connectivity index (χ0v) is 12.7. The van der Waals surface area contributed by atoms with Crippen LogP contribution in [0.2, 0.25) is 0 Å². The molecule has 1 aromatic heterocycles. The Hall–Kier alpha value is -2.45. The second-order valence-corrected chi connectivity index (χ2v) is 5.90. The smallest absolute Gasteiger partial charge is 0.158 e. The van der Waals surface area contributed by atoms with E-state index >= 15 is 0 Å². The van der Waals surface area contributed by atoms with Crippen LogP contribution in [0.5, 0.6) is 0 Å². The Morgan fingerprint density at radius 1 is 0.818 bits per heavy atom. The Morgan fingerprint density at radius 3 is 1.95 bits per heavy atom. The molecule has 1 heterocycles. The minimum absolute atomic E-state index is 0.727. The third-order valence-corrected chi connectivity index (χ3v) is 4.74. The van der Waals surface area contributed by atoms with Crippen molar-refractivity contribution in [3.05, 3.63) is 88.7 Å². The summed E-state index contributed by atoms with van der Waals surface area (Å²) >= 11 is 0. The number of aliphatic hydroxyl groups is 1. The molecular formula is C20H17NO. The van der Waals surface area contributed by atoms with Crippen molar-refractivity contribution in [1.29, 1.82) is 0 Å². The van der Waals surface area contributed by atoms with Gasteiger partial charge in [-0.25, -0.2) is 0 Å². The number of rotatable bonds is 1. The molecule has 4 rings (SSSR count). The highest BCUT2D eigenvalue weighted by molar-refractivity contribution is 5.82. The molecule has 0 amide bonds. The molecule has 1 aliphatic carbocycles. The summed E-state index contributed by atoms with van der Waals surface area (Å²) in [6.07, 6.45) is 1.78. The van der Waals surface area contributed by atoms with Gasteiger partial charge in [0.2, 0.25) is 0 Å². The van der Waals surface area contributed by atoms with E-state index in [1.165, 1.54) is 0 Å². The van der Waals surface area contributed by atoms with Gasteiger partial charge in [0.05, 0.1) is 5.69 Å². The Labute approximate surface area is 130 Å². The van der Waals surface area contributed by atoms with Crippen LogP contribution >= 0.6 is 0 Å². The Bertz CT molecular complexity index is 837. The molecule has 0 saturated heterocycles. The first-order valence-corrected chi connectivity index (χ1v) is 7.48. The first kappa shape index (κ1) is 13.2. The molecule has 0 saturated carbocycles. The lowest BCUT2D eigenvalue weighted by atomic mass is 9.85. The molecule has 0 atom stereocenters. The first-order chi connectivity index (χ1) is 10.6. The van der Waals surface area contributed by atoms with E-state index in [1.54, 1.807) is 6.20 Å². The molecule has 0 fully saturated rings. The van der Waals surface area contributed by atoms with E-state index in [2.05, 4.69) is 24.0 Å². The fourth-order valence-corrected chi connectivity index (χ4v) is 3.46. The van der Waals surface area contributed by atoms with Crippen LogP contribution in [0.3, 0.4) is 0 Å². The third-order valence-electron chi connectivity index (χ3n) is 4.74. The molecular weight excluding hydrogens is 270 g/mol. The number of fused-ring (bicyclic) bond motifs is 3. The number of pyridine rings is 1. The number of nitrogens with zero attached hydrogens (tertiary/aromatic N) is 1. The van der Waals surface area contributed by atoms with Crippen LogP contribution in [-0.4, -0.2) is 10.1 Å². The van der Waals surface area contributed by atoms with Crippen LogP contribution in [0.15, 0.2) is 60.8 Å². The molecule has 1 aliphatic rings. The van der Waals surface area contributed by atoms with Gasteiger partial charge in [-0.1, -0.05) is 48.5 Å². The van der Waals surface area contributed by atoms with Gasteiger partial charge >= 0.3 is 0 Å². The lowest BCUT2D eigenvalue weighted by Crippen LogP contribution is -2.28. The van der Waals surface area contributed by atoms with Gasteiger partial charge in [0.15, 0.2) is 5.60 Å². The number of benzene rings is 2. The van der Waals surface area contributed by atoms with Gasteiger partial charge in [-0.3, -0.25) is 4.98 Å². The van der Waals surface area contributed by atoms with Gasteiger partial charge < -0.3 is 5.11 Å². The Kier molecular flexibility index (Phi) is 2.72. The van der Waals surface area contributed by atoms with Gasteiger partial charge in [-0.05, 0) is 42.2 Å². The molecule has 0 bridgehead atoms. The molecule has 22 heavy (non-hydrogen) atoms. The summed E-state index contributed by atoms with van der Waals surface area (Å²) in [6, 6.07) is 18.1. The molecule has 1 N–H and O–H groups in total. The number of hydrogen-bond acceptors (Lipinski definition) is 2. The van der Waals surface area contributed by atoms with E-state index in [1.807, 2.05) is 49.4 Å². The second kappa shape index (κ2) is 4.52. The number of hydrogen-bond donors (Lipinski definition) is 1. The average Bonchev–Trinajstić information content (AvgIpc) is 2.81. The van der Waals surface area contributed by atoms with Gasteiger partial charge in [0.1, 0.15) is 0 Å². The number of aryl methyl sites for hydroxylation is 1. The SMILES string of the molecule is Cc1ccnc(C2(O)c3ccccc3-c3ccccc32)c1C. The van der Waals surface area contributed by atoms with Crippen molar-refractivity contribution >= 4 is 0 Å². The van der Waals surface area contributed by atoms with Crippen LogP contribution in [-0.2, 0) is 5.60 Å². The van der Waals surface area contributed by atoms with Gasteiger partial charge in [-0.2, -0.15) is 0 Å². The Morgan fingerprint density at radius 2 is 1.36 bits per heavy atom. The fourth-order valence-electron chi connectivity index (χ4n) is 3.46. The van der Waals surface area contributed by atoms with E-state index in [0.29, 0.717) is 0 Å². The largest absolute Gasteiger partial charge is 0.374 e. The third kappa shape index (κ3) is 1.56. The van der Waals surface area contributed by atoms with Crippen LogP contribution in [0, 0.1) is 13.8 Å². The molecule has 2 heteroatoms. The van der Waals surface area contributed by atoms with E-state index in [4.69, 9.17) is 0 Å². The second-order valence-electron chi connectivity index (χ2n) is 5.90. The summed E-state index contributed by atoms with van der Waals surface area (Å²) in [7, 11) is 0. The van der Waals surface area contributed by atoms with Crippen LogP contribution < -0.4 is 0 Å². The summed E-state index contributed by atoms with van der Waals surface area (Å²) in [5.74, 6) is 0. The fraction of sp³-hybridized carbons (Fsp3) is 0.150. The molecule has 2 aromatic carbocycles. The molecule has 0 unspecified atom stereocenters. The van der Waals surface area contributed by atoms with Crippen LogP contribution in [0.4, 0.5) is 0 Å². The first-order valence-electron chi connectivity index (χ1n) is 7.48. The average molecular weight is 287 g/mol. The molecule has 0 radical (unpaired) electrons. The minimum atomic E-state index is -1.18. The van der Waals surface area contributed by atoms with Crippen molar-refractivity contribution in [2.24, 2.45) is 0 Å². The summed E-state index contributed by atoms with van der Waals surface area (Å²) in [4.78, 5) is 4.54. The lowest BCUT2D eigenvalue weighted by molar-refractivity contribution is 0.125. The maximum atomic E-state index is 11.7. The molecule has 3 aromatic rings. The predicted octanol–water partition coefficient (Wildman–Crippen LogP) is 3.96. The summed E-state index contributed by atoms with van der Waals surface area (Å²) in [6.45, 7) is 4.08. The van der Waals surface area contributed by atoms with Crippen LogP contribution in [0.1, 0.15) is 27.9 Å². The van der Waals surface area contributed by atoms with Crippen LogP contribution in [0.25, 0.3) is 11.1 Å². The maximum absolute atomic E-state index is 11.7. The standard InChI is InChI=1S/C20H17NO/c1-13-11-12-21-19(14(13)2)20(22)17-9-5-3-7-15(17)16-8-4-6-10-18(16)20/h3-12,22H,1-2H3. The normalized spacial score (nSPS) is 14.5. The molecule has 108 valence electrons. The predicted molar refractivity (Wildman–Crippen MR) is 87.7 cm³/mol. The quantitative estimate of drug-likeness (QED) is 0.735. The lowest BCUT2D eigenvalue weighted by Gasteiger charge is -2.27. The van der Waals surface area contributed by atoms with Crippen molar-refractivity contribution in [3.63, 3.8) is 0 Å². The highest BCUT2D eigenvalue weighted by Crippen LogP contribution is 2.50. The monoisotopic (exact) mass is 287 g/mol. The molecule has 2 nitrogen and oxygen atoms in total.